The summed E-state index contributed by atoms with van der Waals surface area (Å²) in [6.07, 6.45) is 0. The highest BCUT2D eigenvalue weighted by atomic mass is 35.5. The van der Waals surface area contributed by atoms with Gasteiger partial charge in [-0.25, -0.2) is 0 Å². The molecule has 0 aromatic heterocycles. The molecule has 0 saturated heterocycles. The van der Waals surface area contributed by atoms with E-state index in [1.54, 1.807) is 43.5 Å². The second-order valence-corrected chi connectivity index (χ2v) is 6.38. The first-order valence-electron chi connectivity index (χ1n) is 7.92. The van der Waals surface area contributed by atoms with Gasteiger partial charge in [-0.15, -0.1) is 0 Å². The van der Waals surface area contributed by atoms with Crippen molar-refractivity contribution in [1.82, 2.24) is 10.9 Å². The van der Waals surface area contributed by atoms with Crippen molar-refractivity contribution in [1.29, 1.82) is 0 Å². The summed E-state index contributed by atoms with van der Waals surface area (Å²) in [7, 11) is 1.55. The van der Waals surface area contributed by atoms with Crippen molar-refractivity contribution in [3.8, 4) is 5.75 Å². The van der Waals surface area contributed by atoms with Crippen LogP contribution in [0.4, 0.5) is 0 Å². The zero-order chi connectivity index (χ0) is 18.4. The molecule has 2 aromatic carbocycles. The topological polar surface area (TPSA) is 67.4 Å². The predicted molar refractivity (Wildman–Crippen MR) is 97.6 cm³/mol. The second-order valence-electron chi connectivity index (χ2n) is 5.95. The summed E-state index contributed by atoms with van der Waals surface area (Å²) in [5.74, 6) is -0.357. The van der Waals surface area contributed by atoms with Crippen molar-refractivity contribution in [3.63, 3.8) is 0 Å². The lowest BCUT2D eigenvalue weighted by Gasteiger charge is -2.21. The molecule has 2 amide bonds. The minimum absolute atomic E-state index is 0.0547. The van der Waals surface area contributed by atoms with Gasteiger partial charge in [-0.3, -0.25) is 20.4 Å². The predicted octanol–water partition coefficient (Wildman–Crippen LogP) is 3.55. The van der Waals surface area contributed by atoms with Gasteiger partial charge in [-0.1, -0.05) is 37.6 Å². The smallest absolute Gasteiger partial charge is 0.269 e. The lowest BCUT2D eigenvalue weighted by atomic mass is 9.88. The van der Waals surface area contributed by atoms with E-state index >= 15 is 0 Å². The van der Waals surface area contributed by atoms with Gasteiger partial charge in [-0.2, -0.15) is 0 Å². The Hall–Kier alpha value is -2.53. The van der Waals surface area contributed by atoms with Gasteiger partial charge < -0.3 is 4.74 Å². The number of benzene rings is 2. The summed E-state index contributed by atoms with van der Waals surface area (Å²) in [5.41, 5.74) is 6.22. The van der Waals surface area contributed by atoms with E-state index in [2.05, 4.69) is 10.9 Å². The third kappa shape index (κ3) is 4.97. The monoisotopic (exact) mass is 360 g/mol. The molecule has 0 radical (unpaired) electrons. The third-order valence-corrected chi connectivity index (χ3v) is 4.08. The van der Waals surface area contributed by atoms with Gasteiger partial charge in [0, 0.05) is 10.6 Å². The Morgan fingerprint density at radius 3 is 2.08 bits per heavy atom. The highest BCUT2D eigenvalue weighted by molar-refractivity contribution is 6.30. The van der Waals surface area contributed by atoms with E-state index < -0.39 is 11.8 Å². The fraction of sp³-hybridized carbons (Fsp3) is 0.263. The quantitative estimate of drug-likeness (QED) is 0.801. The molecule has 0 spiro atoms. The van der Waals surface area contributed by atoms with E-state index in [-0.39, 0.29) is 11.8 Å². The number of hydrazine groups is 1. The van der Waals surface area contributed by atoms with Gasteiger partial charge in [0.25, 0.3) is 5.91 Å². The summed E-state index contributed by atoms with van der Waals surface area (Å²) in [5, 5.41) is 0.611. The average molecular weight is 361 g/mol. The van der Waals surface area contributed by atoms with E-state index in [1.807, 2.05) is 26.0 Å². The Labute approximate surface area is 152 Å². The van der Waals surface area contributed by atoms with Crippen molar-refractivity contribution in [2.45, 2.75) is 19.8 Å². The number of carbonyl (C=O) groups excluding carboxylic acids is 2. The molecular formula is C19H21ClN2O3. The molecule has 5 nitrogen and oxygen atoms in total. The first-order chi connectivity index (χ1) is 11.9. The van der Waals surface area contributed by atoms with Gasteiger partial charge in [0.1, 0.15) is 5.75 Å². The standard InChI is InChI=1S/C19H21ClN2O3/c1-12(2)17(13-4-8-15(20)9-5-13)19(24)22-21-18(23)14-6-10-16(25-3)11-7-14/h4-12,17H,1-3H3,(H,21,23)(H,22,24)/t17-/m0/s1. The summed E-state index contributed by atoms with van der Waals surface area (Å²) in [6.45, 7) is 3.90. The zero-order valence-corrected chi connectivity index (χ0v) is 15.1. The minimum Gasteiger partial charge on any atom is -0.497 e. The maximum Gasteiger partial charge on any atom is 0.269 e. The van der Waals surface area contributed by atoms with Crippen molar-refractivity contribution in [3.05, 3.63) is 64.7 Å². The van der Waals surface area contributed by atoms with Crippen LogP contribution in [-0.4, -0.2) is 18.9 Å². The zero-order valence-electron chi connectivity index (χ0n) is 14.4. The van der Waals surface area contributed by atoms with E-state index in [9.17, 15) is 9.59 Å². The van der Waals surface area contributed by atoms with Crippen LogP contribution in [0.3, 0.4) is 0 Å². The number of carbonyl (C=O) groups is 2. The molecule has 25 heavy (non-hydrogen) atoms. The number of hydrogen-bond acceptors (Lipinski definition) is 3. The number of hydrogen-bond donors (Lipinski definition) is 2. The Bertz CT molecular complexity index is 727. The molecule has 0 unspecified atom stereocenters. The minimum atomic E-state index is -0.395. The average Bonchev–Trinajstić information content (AvgIpc) is 2.61. The van der Waals surface area contributed by atoms with E-state index in [0.29, 0.717) is 16.3 Å². The van der Waals surface area contributed by atoms with Gasteiger partial charge in [0.05, 0.1) is 13.0 Å². The van der Waals surface area contributed by atoms with Crippen LogP contribution in [0.1, 0.15) is 35.7 Å². The SMILES string of the molecule is COc1ccc(C(=O)NNC(=O)[C@H](c2ccc(Cl)cc2)C(C)C)cc1. The Balaban J connectivity index is 2.03. The number of nitrogens with one attached hydrogen (secondary N) is 2. The molecule has 0 heterocycles. The summed E-state index contributed by atoms with van der Waals surface area (Å²) >= 11 is 5.90. The fourth-order valence-corrected chi connectivity index (χ4v) is 2.65. The molecule has 2 rings (SSSR count). The molecule has 6 heteroatoms. The molecular weight excluding hydrogens is 340 g/mol. The summed E-state index contributed by atoms with van der Waals surface area (Å²) < 4.78 is 5.05. The number of rotatable bonds is 5. The molecule has 0 saturated carbocycles. The van der Waals surface area contributed by atoms with Crippen molar-refractivity contribution >= 4 is 23.4 Å². The maximum atomic E-state index is 12.5. The van der Waals surface area contributed by atoms with Crippen LogP contribution >= 0.6 is 11.6 Å². The highest BCUT2D eigenvalue weighted by Gasteiger charge is 2.24. The third-order valence-electron chi connectivity index (χ3n) is 3.83. The van der Waals surface area contributed by atoms with Crippen molar-refractivity contribution < 1.29 is 14.3 Å². The first kappa shape index (κ1) is 18.8. The summed E-state index contributed by atoms with van der Waals surface area (Å²) in [4.78, 5) is 24.7. The number of amides is 2. The molecule has 0 bridgehead atoms. The van der Waals surface area contributed by atoms with Gasteiger partial charge in [0.15, 0.2) is 0 Å². The van der Waals surface area contributed by atoms with Crippen LogP contribution in [0, 0.1) is 5.92 Å². The van der Waals surface area contributed by atoms with Crippen LogP contribution in [0.5, 0.6) is 5.75 Å². The van der Waals surface area contributed by atoms with E-state index in [1.165, 1.54) is 0 Å². The molecule has 2 aromatic rings. The second kappa shape index (κ2) is 8.53. The normalized spacial score (nSPS) is 11.7. The van der Waals surface area contributed by atoms with Gasteiger partial charge in [0.2, 0.25) is 5.91 Å². The highest BCUT2D eigenvalue weighted by Crippen LogP contribution is 2.25. The molecule has 132 valence electrons. The molecule has 0 aliphatic carbocycles. The molecule has 0 aliphatic heterocycles. The lowest BCUT2D eigenvalue weighted by molar-refractivity contribution is -0.124. The van der Waals surface area contributed by atoms with Crippen LogP contribution in [-0.2, 0) is 4.79 Å². The molecule has 0 aliphatic rings. The van der Waals surface area contributed by atoms with Crippen LogP contribution in [0.25, 0.3) is 0 Å². The van der Waals surface area contributed by atoms with Crippen molar-refractivity contribution in [2.24, 2.45) is 5.92 Å². The van der Waals surface area contributed by atoms with Crippen LogP contribution < -0.4 is 15.6 Å². The fourth-order valence-electron chi connectivity index (χ4n) is 2.52. The number of methoxy groups -OCH3 is 1. The van der Waals surface area contributed by atoms with Crippen molar-refractivity contribution in [2.75, 3.05) is 7.11 Å². The Kier molecular flexibility index (Phi) is 6.42. The van der Waals surface area contributed by atoms with Crippen LogP contribution in [0.2, 0.25) is 5.02 Å². The molecule has 0 fully saturated rings. The Morgan fingerprint density at radius 1 is 0.960 bits per heavy atom. The van der Waals surface area contributed by atoms with Gasteiger partial charge in [-0.05, 0) is 47.9 Å². The number of ether oxygens (including phenoxy) is 1. The van der Waals surface area contributed by atoms with E-state index in [0.717, 1.165) is 5.56 Å². The Morgan fingerprint density at radius 2 is 1.56 bits per heavy atom. The molecule has 2 N–H and O–H groups in total. The summed E-state index contributed by atoms with van der Waals surface area (Å²) in [6, 6.07) is 13.7. The number of halogens is 1. The van der Waals surface area contributed by atoms with Gasteiger partial charge >= 0.3 is 0 Å². The lowest BCUT2D eigenvalue weighted by Crippen LogP contribution is -2.44. The maximum absolute atomic E-state index is 12.5. The largest absolute Gasteiger partial charge is 0.497 e. The van der Waals surface area contributed by atoms with E-state index in [4.69, 9.17) is 16.3 Å². The molecule has 1 atom stereocenters. The first-order valence-corrected chi connectivity index (χ1v) is 8.30. The van der Waals surface area contributed by atoms with Crippen LogP contribution in [0.15, 0.2) is 48.5 Å².